The van der Waals surface area contributed by atoms with Crippen LogP contribution < -0.4 is 5.32 Å². The minimum absolute atomic E-state index is 0.191. The van der Waals surface area contributed by atoms with Gasteiger partial charge in [0, 0.05) is 26.2 Å². The summed E-state index contributed by atoms with van der Waals surface area (Å²) in [6.45, 7) is 8.34. The maximum atomic E-state index is 8.88. The normalized spacial score (nSPS) is 11.5. The number of nitrogens with zero attached hydrogens (tertiary/aromatic N) is 1. The third-order valence-corrected chi connectivity index (χ3v) is 8.59. The summed E-state index contributed by atoms with van der Waals surface area (Å²) in [5, 5.41) is 12.3. The minimum Gasteiger partial charge on any atom is -0.380 e. The van der Waals surface area contributed by atoms with Crippen LogP contribution in [0, 0.1) is 11.3 Å². The van der Waals surface area contributed by atoms with Gasteiger partial charge in [0.05, 0.1) is 25.3 Å². The maximum Gasteiger partial charge on any atom is 0.0642 e. The van der Waals surface area contributed by atoms with Gasteiger partial charge in [-0.1, -0.05) is 181 Å². The molecule has 0 saturated heterocycles. The zero-order valence-electron chi connectivity index (χ0n) is 28.9. The first kappa shape index (κ1) is 41.4. The van der Waals surface area contributed by atoms with Gasteiger partial charge in [-0.15, -0.1) is 0 Å². The van der Waals surface area contributed by atoms with E-state index in [1.807, 2.05) is 0 Å². The number of hydrogen-bond donors (Lipinski definition) is 1. The molecule has 0 aromatic carbocycles. The SMILES string of the molecule is CCCCCCCCCCCCCCCCOCC(COCCCCCCCCCCCCCCCC)NCCC#N. The Morgan fingerprint density at radius 2 is 0.738 bits per heavy atom. The molecule has 0 fully saturated rings. The molecule has 0 rings (SSSR count). The minimum atomic E-state index is 0.191. The van der Waals surface area contributed by atoms with Gasteiger partial charge in [0.1, 0.15) is 0 Å². The van der Waals surface area contributed by atoms with Gasteiger partial charge in [-0.25, -0.2) is 0 Å². The van der Waals surface area contributed by atoms with E-state index in [2.05, 4.69) is 25.2 Å². The van der Waals surface area contributed by atoms with Gasteiger partial charge in [-0.3, -0.25) is 0 Å². The summed E-state index contributed by atoms with van der Waals surface area (Å²) in [5.41, 5.74) is 0. The Morgan fingerprint density at radius 3 is 1.02 bits per heavy atom. The lowest BCUT2D eigenvalue weighted by Gasteiger charge is -2.18. The van der Waals surface area contributed by atoms with Gasteiger partial charge < -0.3 is 14.8 Å². The fourth-order valence-corrected chi connectivity index (χ4v) is 5.75. The lowest BCUT2D eigenvalue weighted by Crippen LogP contribution is -2.38. The molecule has 4 nitrogen and oxygen atoms in total. The van der Waals surface area contributed by atoms with Gasteiger partial charge in [-0.2, -0.15) is 5.26 Å². The standard InChI is InChI=1S/C38H76N2O2/c1-3-5-7-9-11-13-15-17-19-21-23-25-27-29-34-41-36-38(40-33-31-32-39)37-42-35-30-28-26-24-22-20-18-16-14-12-10-8-6-4-2/h38,40H,3-31,33-37H2,1-2H3. The van der Waals surface area contributed by atoms with E-state index in [0.717, 1.165) is 26.1 Å². The summed E-state index contributed by atoms with van der Waals surface area (Å²) in [4.78, 5) is 0. The average Bonchev–Trinajstić information content (AvgIpc) is 3.00. The predicted octanol–water partition coefficient (Wildman–Crippen LogP) is 11.9. The van der Waals surface area contributed by atoms with Gasteiger partial charge in [-0.05, 0) is 12.8 Å². The van der Waals surface area contributed by atoms with Crippen LogP contribution in [0.5, 0.6) is 0 Å². The molecule has 1 N–H and O–H groups in total. The Kier molecular flexibility index (Phi) is 37.8. The summed E-state index contributed by atoms with van der Waals surface area (Å²) >= 11 is 0. The summed E-state index contributed by atoms with van der Waals surface area (Å²) in [5.74, 6) is 0. The molecular formula is C38H76N2O2. The molecule has 0 aliphatic carbocycles. The van der Waals surface area contributed by atoms with Crippen molar-refractivity contribution in [3.8, 4) is 6.07 Å². The molecule has 0 spiro atoms. The highest BCUT2D eigenvalue weighted by Crippen LogP contribution is 2.14. The van der Waals surface area contributed by atoms with E-state index in [1.54, 1.807) is 0 Å². The van der Waals surface area contributed by atoms with Crippen LogP contribution >= 0.6 is 0 Å². The van der Waals surface area contributed by atoms with Gasteiger partial charge in [0.15, 0.2) is 0 Å². The molecule has 0 aliphatic heterocycles. The number of nitriles is 1. The summed E-state index contributed by atoms with van der Waals surface area (Å²) < 4.78 is 12.0. The topological polar surface area (TPSA) is 54.3 Å². The van der Waals surface area contributed by atoms with Crippen molar-refractivity contribution in [1.29, 1.82) is 5.26 Å². The van der Waals surface area contributed by atoms with Crippen molar-refractivity contribution in [2.45, 2.75) is 206 Å². The van der Waals surface area contributed by atoms with Crippen molar-refractivity contribution < 1.29 is 9.47 Å². The molecule has 0 amide bonds. The molecule has 0 radical (unpaired) electrons. The molecular weight excluding hydrogens is 516 g/mol. The maximum absolute atomic E-state index is 8.88. The highest BCUT2D eigenvalue weighted by molar-refractivity contribution is 4.73. The Bertz CT molecular complexity index is 486. The van der Waals surface area contributed by atoms with Gasteiger partial charge >= 0.3 is 0 Å². The van der Waals surface area contributed by atoms with Crippen LogP contribution in [0.15, 0.2) is 0 Å². The van der Waals surface area contributed by atoms with Crippen molar-refractivity contribution in [2.24, 2.45) is 0 Å². The van der Waals surface area contributed by atoms with Crippen molar-refractivity contribution in [3.63, 3.8) is 0 Å². The molecule has 0 aromatic heterocycles. The zero-order valence-corrected chi connectivity index (χ0v) is 28.9. The number of rotatable bonds is 37. The molecule has 0 saturated carbocycles. The van der Waals surface area contributed by atoms with Crippen molar-refractivity contribution in [3.05, 3.63) is 0 Å². The number of ether oxygens (including phenoxy) is 2. The van der Waals surface area contributed by atoms with Crippen LogP contribution in [0.2, 0.25) is 0 Å². The van der Waals surface area contributed by atoms with Crippen LogP contribution in [-0.2, 0) is 9.47 Å². The number of nitrogens with one attached hydrogen (secondary N) is 1. The summed E-state index contributed by atoms with van der Waals surface area (Å²) in [6, 6.07) is 2.42. The third kappa shape index (κ3) is 35.6. The fourth-order valence-electron chi connectivity index (χ4n) is 5.75. The lowest BCUT2D eigenvalue weighted by molar-refractivity contribution is 0.0531. The second-order valence-electron chi connectivity index (χ2n) is 12.9. The predicted molar refractivity (Wildman–Crippen MR) is 184 cm³/mol. The Labute approximate surface area is 264 Å². The number of hydrogen-bond acceptors (Lipinski definition) is 4. The Balaban J connectivity index is 3.53. The van der Waals surface area contributed by atoms with E-state index in [9.17, 15) is 0 Å². The first-order valence-corrected chi connectivity index (χ1v) is 19.1. The van der Waals surface area contributed by atoms with E-state index < -0.39 is 0 Å². The molecule has 250 valence electrons. The van der Waals surface area contributed by atoms with Crippen LogP contribution in [-0.4, -0.2) is 39.0 Å². The molecule has 0 aromatic rings. The third-order valence-electron chi connectivity index (χ3n) is 8.59. The summed E-state index contributed by atoms with van der Waals surface area (Å²) in [6.07, 6.45) is 39.3. The van der Waals surface area contributed by atoms with Crippen LogP contribution in [0.4, 0.5) is 0 Å². The molecule has 42 heavy (non-hydrogen) atoms. The highest BCUT2D eigenvalue weighted by atomic mass is 16.5. The largest absolute Gasteiger partial charge is 0.380 e. The highest BCUT2D eigenvalue weighted by Gasteiger charge is 2.08. The molecule has 0 heterocycles. The molecule has 0 unspecified atom stereocenters. The lowest BCUT2D eigenvalue weighted by atomic mass is 10.0. The second-order valence-corrected chi connectivity index (χ2v) is 12.9. The molecule has 0 aliphatic rings. The van der Waals surface area contributed by atoms with Crippen molar-refractivity contribution in [1.82, 2.24) is 5.32 Å². The van der Waals surface area contributed by atoms with Gasteiger partial charge in [0.25, 0.3) is 0 Å². The van der Waals surface area contributed by atoms with Crippen LogP contribution in [0.25, 0.3) is 0 Å². The quantitative estimate of drug-likeness (QED) is 0.0729. The van der Waals surface area contributed by atoms with Crippen molar-refractivity contribution in [2.75, 3.05) is 33.0 Å². The van der Waals surface area contributed by atoms with Gasteiger partial charge in [0.2, 0.25) is 0 Å². The molecule has 4 heteroatoms. The van der Waals surface area contributed by atoms with E-state index in [4.69, 9.17) is 14.7 Å². The first-order chi connectivity index (χ1) is 20.8. The van der Waals surface area contributed by atoms with E-state index in [0.29, 0.717) is 26.2 Å². The van der Waals surface area contributed by atoms with Crippen LogP contribution in [0.3, 0.4) is 0 Å². The van der Waals surface area contributed by atoms with Crippen molar-refractivity contribution >= 4 is 0 Å². The second kappa shape index (κ2) is 38.4. The first-order valence-electron chi connectivity index (χ1n) is 19.1. The smallest absolute Gasteiger partial charge is 0.0642 e. The van der Waals surface area contributed by atoms with Crippen LogP contribution in [0.1, 0.15) is 200 Å². The van der Waals surface area contributed by atoms with E-state index in [-0.39, 0.29) is 6.04 Å². The van der Waals surface area contributed by atoms with E-state index >= 15 is 0 Å². The Hall–Kier alpha value is -0.630. The average molecular weight is 593 g/mol. The monoisotopic (exact) mass is 593 g/mol. The molecule has 0 atom stereocenters. The fraction of sp³-hybridized carbons (Fsp3) is 0.974. The number of unbranched alkanes of at least 4 members (excludes halogenated alkanes) is 26. The van der Waals surface area contributed by atoms with E-state index in [1.165, 1.54) is 167 Å². The Morgan fingerprint density at radius 1 is 0.452 bits per heavy atom. The summed E-state index contributed by atoms with van der Waals surface area (Å²) in [7, 11) is 0. The molecule has 0 bridgehead atoms. The zero-order chi connectivity index (χ0) is 30.4.